The molecule has 1 fully saturated rings. The Kier molecular flexibility index (Phi) is 3.83. The molecule has 1 saturated carbocycles. The van der Waals surface area contributed by atoms with Crippen LogP contribution in [0, 0.1) is 5.92 Å². The fourth-order valence-corrected chi connectivity index (χ4v) is 5.90. The highest BCUT2D eigenvalue weighted by Crippen LogP contribution is 2.45. The maximum atomic E-state index is 9.55. The molecular weight excluding hydrogens is 362 g/mol. The standard InChI is InChI=1S/C20H19N3OS2/c24-23-18(13-4-1-5-13)19-14-8-9-20(12-15(14)21-22-19,16-6-2-10-25-16)17-7-3-11-26-17/h2-3,6-11,13,24H,1,4-5,12H2,(H,21,22)/b23-18+. The van der Waals surface area contributed by atoms with E-state index < -0.39 is 0 Å². The molecule has 26 heavy (non-hydrogen) atoms. The van der Waals surface area contributed by atoms with Crippen LogP contribution in [0.2, 0.25) is 0 Å². The second kappa shape index (κ2) is 6.21. The number of hydrogen-bond acceptors (Lipinski definition) is 5. The number of oxime groups is 1. The lowest BCUT2D eigenvalue weighted by Gasteiger charge is -2.31. The molecule has 5 rings (SSSR count). The summed E-state index contributed by atoms with van der Waals surface area (Å²) in [5.74, 6) is 0.335. The normalized spacial score (nSPS) is 19.3. The summed E-state index contributed by atoms with van der Waals surface area (Å²) in [7, 11) is 0. The molecular formula is C20H19N3OS2. The third-order valence-electron chi connectivity index (χ3n) is 5.64. The fraction of sp³-hybridized carbons (Fsp3) is 0.300. The minimum absolute atomic E-state index is 0.147. The molecule has 0 spiro atoms. The van der Waals surface area contributed by atoms with E-state index in [9.17, 15) is 5.21 Å². The average molecular weight is 382 g/mol. The predicted octanol–water partition coefficient (Wildman–Crippen LogP) is 5.07. The molecule has 0 amide bonds. The van der Waals surface area contributed by atoms with E-state index in [1.807, 2.05) is 0 Å². The number of nitrogens with one attached hydrogen (secondary N) is 1. The molecule has 3 heterocycles. The average Bonchev–Trinajstić information content (AvgIpc) is 3.38. The number of rotatable bonds is 4. The number of H-pyrrole nitrogens is 1. The van der Waals surface area contributed by atoms with Crippen molar-refractivity contribution in [3.05, 3.63) is 67.8 Å². The van der Waals surface area contributed by atoms with Crippen molar-refractivity contribution < 1.29 is 5.21 Å². The van der Waals surface area contributed by atoms with Crippen molar-refractivity contribution in [3.63, 3.8) is 0 Å². The Hall–Kier alpha value is -2.18. The first kappa shape index (κ1) is 16.0. The SMILES string of the molecule is O/N=C(/c1n[nH]c2c1C=CC(c1cccs1)(c1cccs1)C2)C1CCC1. The molecule has 6 heteroatoms. The Morgan fingerprint density at radius 2 is 1.92 bits per heavy atom. The maximum Gasteiger partial charge on any atom is 0.117 e. The molecule has 3 aromatic rings. The predicted molar refractivity (Wildman–Crippen MR) is 106 cm³/mol. The van der Waals surface area contributed by atoms with Crippen LogP contribution in [0.15, 0.2) is 46.3 Å². The number of nitrogens with zero attached hydrogens (tertiary/aromatic N) is 2. The molecule has 3 aromatic heterocycles. The summed E-state index contributed by atoms with van der Waals surface area (Å²) in [6, 6.07) is 8.66. The van der Waals surface area contributed by atoms with Gasteiger partial charge in [-0.15, -0.1) is 22.7 Å². The largest absolute Gasteiger partial charge is 0.411 e. The van der Waals surface area contributed by atoms with Crippen molar-refractivity contribution in [3.8, 4) is 0 Å². The molecule has 0 atom stereocenters. The first-order valence-corrected chi connectivity index (χ1v) is 10.6. The number of aromatic amines is 1. The monoisotopic (exact) mass is 381 g/mol. The van der Waals surface area contributed by atoms with Crippen LogP contribution >= 0.6 is 22.7 Å². The van der Waals surface area contributed by atoms with Crippen LogP contribution in [-0.2, 0) is 11.8 Å². The van der Waals surface area contributed by atoms with Crippen molar-refractivity contribution >= 4 is 34.5 Å². The molecule has 0 unspecified atom stereocenters. The van der Waals surface area contributed by atoms with Crippen molar-refractivity contribution in [2.45, 2.75) is 31.1 Å². The van der Waals surface area contributed by atoms with Gasteiger partial charge < -0.3 is 5.21 Å². The molecule has 0 bridgehead atoms. The van der Waals surface area contributed by atoms with Crippen LogP contribution in [0.25, 0.3) is 6.08 Å². The van der Waals surface area contributed by atoms with E-state index in [2.05, 4.69) is 62.5 Å². The zero-order valence-corrected chi connectivity index (χ0v) is 15.8. The Balaban J connectivity index is 1.59. The van der Waals surface area contributed by atoms with Crippen LogP contribution in [0.1, 0.15) is 46.0 Å². The van der Waals surface area contributed by atoms with Crippen molar-refractivity contribution in [1.29, 1.82) is 0 Å². The van der Waals surface area contributed by atoms with E-state index in [-0.39, 0.29) is 5.41 Å². The second-order valence-corrected chi connectivity index (χ2v) is 8.91. The van der Waals surface area contributed by atoms with Gasteiger partial charge in [0, 0.05) is 33.4 Å². The third-order valence-corrected chi connectivity index (χ3v) is 7.73. The van der Waals surface area contributed by atoms with E-state index in [4.69, 9.17) is 0 Å². The second-order valence-electron chi connectivity index (χ2n) is 7.01. The summed E-state index contributed by atoms with van der Waals surface area (Å²) >= 11 is 3.59. The van der Waals surface area contributed by atoms with Gasteiger partial charge in [0.2, 0.25) is 0 Å². The van der Waals surface area contributed by atoms with Crippen LogP contribution in [0.5, 0.6) is 0 Å². The number of aromatic nitrogens is 2. The van der Waals surface area contributed by atoms with Gasteiger partial charge in [-0.1, -0.05) is 35.9 Å². The van der Waals surface area contributed by atoms with E-state index in [0.717, 1.165) is 41.9 Å². The summed E-state index contributed by atoms with van der Waals surface area (Å²) < 4.78 is 0. The highest BCUT2D eigenvalue weighted by Gasteiger charge is 2.39. The molecule has 0 saturated heterocycles. The summed E-state index contributed by atoms with van der Waals surface area (Å²) in [6.07, 6.45) is 8.68. The van der Waals surface area contributed by atoms with Crippen LogP contribution in [0.4, 0.5) is 0 Å². The number of thiophene rings is 2. The van der Waals surface area contributed by atoms with Gasteiger partial charge in [-0.05, 0) is 35.7 Å². The molecule has 2 aliphatic rings. The Labute approximate surface area is 159 Å². The number of allylic oxidation sites excluding steroid dienone is 1. The molecule has 2 aliphatic carbocycles. The van der Waals surface area contributed by atoms with Gasteiger partial charge in [-0.3, -0.25) is 5.10 Å². The van der Waals surface area contributed by atoms with Gasteiger partial charge in [0.25, 0.3) is 0 Å². The molecule has 0 aromatic carbocycles. The molecule has 0 radical (unpaired) electrons. The summed E-state index contributed by atoms with van der Waals surface area (Å²) in [5.41, 5.74) is 3.59. The third kappa shape index (κ3) is 2.32. The van der Waals surface area contributed by atoms with Gasteiger partial charge in [-0.2, -0.15) is 5.10 Å². The van der Waals surface area contributed by atoms with Crippen LogP contribution < -0.4 is 0 Å². The maximum absolute atomic E-state index is 9.55. The Bertz CT molecular complexity index is 929. The summed E-state index contributed by atoms with van der Waals surface area (Å²) in [4.78, 5) is 2.68. The number of fused-ring (bicyclic) bond motifs is 1. The fourth-order valence-electron chi connectivity index (χ4n) is 3.99. The minimum Gasteiger partial charge on any atom is -0.411 e. The molecule has 2 N–H and O–H groups in total. The van der Waals surface area contributed by atoms with Crippen LogP contribution in [-0.4, -0.2) is 21.1 Å². The summed E-state index contributed by atoms with van der Waals surface area (Å²) in [5, 5.41) is 25.2. The molecule has 4 nitrogen and oxygen atoms in total. The van der Waals surface area contributed by atoms with Gasteiger partial charge in [0.15, 0.2) is 0 Å². The van der Waals surface area contributed by atoms with Crippen molar-refractivity contribution in [2.75, 3.05) is 0 Å². The van der Waals surface area contributed by atoms with Crippen molar-refractivity contribution in [1.82, 2.24) is 10.2 Å². The zero-order chi connectivity index (χ0) is 17.6. The molecule has 0 aliphatic heterocycles. The first-order chi connectivity index (χ1) is 12.8. The lowest BCUT2D eigenvalue weighted by atomic mass is 9.74. The first-order valence-electron chi connectivity index (χ1n) is 8.88. The van der Waals surface area contributed by atoms with E-state index in [1.54, 1.807) is 22.7 Å². The van der Waals surface area contributed by atoms with Gasteiger partial charge in [-0.25, -0.2) is 0 Å². The van der Waals surface area contributed by atoms with E-state index in [1.165, 1.54) is 16.2 Å². The van der Waals surface area contributed by atoms with Crippen molar-refractivity contribution in [2.24, 2.45) is 11.1 Å². The Morgan fingerprint density at radius 1 is 1.19 bits per heavy atom. The minimum atomic E-state index is -0.147. The Morgan fingerprint density at radius 3 is 2.46 bits per heavy atom. The highest BCUT2D eigenvalue weighted by atomic mass is 32.1. The topological polar surface area (TPSA) is 61.3 Å². The smallest absolute Gasteiger partial charge is 0.117 e. The van der Waals surface area contributed by atoms with Crippen LogP contribution in [0.3, 0.4) is 0 Å². The van der Waals surface area contributed by atoms with E-state index >= 15 is 0 Å². The zero-order valence-electron chi connectivity index (χ0n) is 14.2. The van der Waals surface area contributed by atoms with E-state index in [0.29, 0.717) is 5.92 Å². The number of hydrogen-bond donors (Lipinski definition) is 2. The van der Waals surface area contributed by atoms with Gasteiger partial charge >= 0.3 is 0 Å². The van der Waals surface area contributed by atoms with Gasteiger partial charge in [0.05, 0.1) is 5.41 Å². The lowest BCUT2D eigenvalue weighted by Crippen LogP contribution is -2.29. The lowest BCUT2D eigenvalue weighted by molar-refractivity contribution is 0.305. The van der Waals surface area contributed by atoms with Gasteiger partial charge in [0.1, 0.15) is 11.4 Å². The molecule has 132 valence electrons. The quantitative estimate of drug-likeness (QED) is 0.377. The summed E-state index contributed by atoms with van der Waals surface area (Å²) in [6.45, 7) is 0. The highest BCUT2D eigenvalue weighted by molar-refractivity contribution is 7.11.